The normalized spacial score (nSPS) is 16.4. The Morgan fingerprint density at radius 1 is 1.05 bits per heavy atom. The van der Waals surface area contributed by atoms with Gasteiger partial charge in [-0.05, 0) is 42.5 Å². The van der Waals surface area contributed by atoms with E-state index >= 15 is 0 Å². The maximum absolute atomic E-state index is 12.3. The first-order valence-electron chi connectivity index (χ1n) is 11.5. The lowest BCUT2D eigenvalue weighted by Crippen LogP contribution is -2.34. The molecule has 37 heavy (non-hydrogen) atoms. The van der Waals surface area contributed by atoms with E-state index in [0.29, 0.717) is 57.7 Å². The number of aromatic nitrogens is 2. The van der Waals surface area contributed by atoms with Crippen LogP contribution in [0.2, 0.25) is 10.0 Å². The van der Waals surface area contributed by atoms with Crippen molar-refractivity contribution in [1.29, 1.82) is 0 Å². The highest BCUT2D eigenvalue weighted by Crippen LogP contribution is 2.50. The predicted octanol–water partition coefficient (Wildman–Crippen LogP) is 4.90. The second kappa shape index (κ2) is 8.00. The van der Waals surface area contributed by atoms with E-state index in [1.165, 1.54) is 0 Å². The van der Waals surface area contributed by atoms with Crippen LogP contribution in [0.25, 0.3) is 11.0 Å². The maximum Gasteiger partial charge on any atom is 0.326 e. The molecule has 0 saturated carbocycles. The highest BCUT2D eigenvalue weighted by Gasteiger charge is 2.34. The van der Waals surface area contributed by atoms with Gasteiger partial charge < -0.3 is 29.8 Å². The first-order chi connectivity index (χ1) is 17.8. The average molecular weight is 651 g/mol. The van der Waals surface area contributed by atoms with Crippen molar-refractivity contribution in [1.82, 2.24) is 9.55 Å². The van der Waals surface area contributed by atoms with Crippen molar-refractivity contribution in [2.24, 2.45) is 9.98 Å². The van der Waals surface area contributed by atoms with E-state index < -0.39 is 6.35 Å². The molecule has 188 valence electrons. The minimum atomic E-state index is -0.847. The Kier molecular flexibility index (Phi) is 5.00. The van der Waals surface area contributed by atoms with Crippen LogP contribution in [0.1, 0.15) is 13.8 Å². The molecule has 1 aromatic heterocycles. The van der Waals surface area contributed by atoms with Gasteiger partial charge in [0.2, 0.25) is 6.35 Å². The van der Waals surface area contributed by atoms with Crippen LogP contribution in [-0.2, 0) is 6.54 Å². The Bertz CT molecular complexity index is 1890. The quantitative estimate of drug-likeness (QED) is 0.230. The van der Waals surface area contributed by atoms with Crippen molar-refractivity contribution in [3.05, 3.63) is 53.0 Å². The molecule has 3 aromatic carbocycles. The van der Waals surface area contributed by atoms with Gasteiger partial charge in [-0.2, -0.15) is 0 Å². The summed E-state index contributed by atoms with van der Waals surface area (Å²) in [4.78, 5) is 26.5. The van der Waals surface area contributed by atoms with E-state index in [4.69, 9.17) is 42.7 Å². The van der Waals surface area contributed by atoms with Crippen LogP contribution in [0.3, 0.4) is 0 Å². The molecule has 0 radical (unpaired) electrons. The number of hydrogen-bond donors (Lipinski definition) is 3. The van der Waals surface area contributed by atoms with Gasteiger partial charge in [-0.3, -0.25) is 4.57 Å². The fraction of sp³-hybridized carbons (Fsp3) is 0.208. The molecular formula is C24H17Cl2IN6O4. The largest absolute Gasteiger partial charge is 0.451 e. The molecule has 13 heteroatoms. The number of imidazole rings is 1. The molecule has 0 bridgehead atoms. The third-order valence-electron chi connectivity index (χ3n) is 6.70. The van der Waals surface area contributed by atoms with Crippen LogP contribution in [0.4, 0.5) is 22.7 Å². The molecule has 0 aliphatic carbocycles. The number of aromatic amines is 1. The lowest BCUT2D eigenvalue weighted by atomic mass is 10.1. The number of fused-ring (bicyclic) bond motifs is 6. The first kappa shape index (κ1) is 23.1. The molecule has 0 saturated heterocycles. The van der Waals surface area contributed by atoms with Gasteiger partial charge >= 0.3 is 5.69 Å². The number of nitrogens with zero attached hydrogens (tertiary/aromatic N) is 4. The Morgan fingerprint density at radius 2 is 1.76 bits per heavy atom. The summed E-state index contributed by atoms with van der Waals surface area (Å²) in [6.07, 6.45) is -0.847. The molecule has 4 heterocycles. The Labute approximate surface area is 232 Å². The molecule has 1 unspecified atom stereocenters. The number of hydrogen-bond acceptors (Lipinski definition) is 8. The number of aliphatic hydroxyl groups excluding tert-OH is 1. The summed E-state index contributed by atoms with van der Waals surface area (Å²) in [6.45, 7) is 4.95. The second-order valence-corrected chi connectivity index (χ2v) is 10.5. The van der Waals surface area contributed by atoms with E-state index in [-0.39, 0.29) is 27.2 Å². The van der Waals surface area contributed by atoms with Gasteiger partial charge in [0.1, 0.15) is 32.1 Å². The van der Waals surface area contributed by atoms with Gasteiger partial charge in [0.25, 0.3) is 0 Å². The van der Waals surface area contributed by atoms with E-state index in [9.17, 15) is 9.90 Å². The number of nitrogens with one attached hydrogen (secondary N) is 2. The zero-order valence-electron chi connectivity index (χ0n) is 19.3. The summed E-state index contributed by atoms with van der Waals surface area (Å²) < 4.78 is 14.9. The summed E-state index contributed by atoms with van der Waals surface area (Å²) in [6, 6.07) is 5.33. The smallest absolute Gasteiger partial charge is 0.326 e. The van der Waals surface area contributed by atoms with E-state index in [1.807, 2.05) is 24.8 Å². The van der Waals surface area contributed by atoms with E-state index in [1.54, 1.807) is 16.7 Å². The minimum absolute atomic E-state index is 0.204. The fourth-order valence-corrected chi connectivity index (χ4v) is 6.28. The van der Waals surface area contributed by atoms with E-state index in [2.05, 4.69) is 32.9 Å². The van der Waals surface area contributed by atoms with Gasteiger partial charge in [0.15, 0.2) is 23.0 Å². The lowest BCUT2D eigenvalue weighted by Gasteiger charge is -2.23. The summed E-state index contributed by atoms with van der Waals surface area (Å²) >= 11 is 15.8. The molecule has 0 spiro atoms. The third-order valence-corrected chi connectivity index (χ3v) is 8.45. The van der Waals surface area contributed by atoms with Gasteiger partial charge in [-0.1, -0.05) is 23.2 Å². The van der Waals surface area contributed by atoms with Crippen LogP contribution in [0.15, 0.2) is 33.0 Å². The zero-order valence-corrected chi connectivity index (χ0v) is 23.0. The number of anilines is 2. The number of halogens is 3. The number of benzene rings is 3. The highest BCUT2D eigenvalue weighted by atomic mass is 127. The second-order valence-electron chi connectivity index (χ2n) is 8.66. The number of rotatable bonds is 2. The first-order valence-corrected chi connectivity index (χ1v) is 13.3. The van der Waals surface area contributed by atoms with Crippen molar-refractivity contribution < 1.29 is 14.6 Å². The lowest BCUT2D eigenvalue weighted by molar-refractivity contribution is 0.205. The summed E-state index contributed by atoms with van der Waals surface area (Å²) in [5.74, 6) is 1.46. The molecule has 7 rings (SSSR count). The fourth-order valence-electron chi connectivity index (χ4n) is 4.95. The van der Waals surface area contributed by atoms with Crippen LogP contribution >= 0.6 is 45.8 Å². The van der Waals surface area contributed by atoms with Gasteiger partial charge in [-0.25, -0.2) is 14.8 Å². The van der Waals surface area contributed by atoms with Crippen molar-refractivity contribution in [2.75, 3.05) is 16.8 Å². The molecule has 0 fully saturated rings. The number of aryl methyl sites for hydroxylation is 1. The SMILES string of the molecule is CCN1c2cc3c(c(I)c2NC1O)N=c1c(Cl)c2c(c(Cl)c1O3)=Nc1cc3[nH]c(=O)n(CC)c3cc1O2. The monoisotopic (exact) mass is 650 g/mol. The molecule has 10 nitrogen and oxygen atoms in total. The Morgan fingerprint density at radius 3 is 2.46 bits per heavy atom. The number of ether oxygens (including phenoxy) is 2. The Hall–Kier alpha value is -3.00. The molecule has 3 N–H and O–H groups in total. The van der Waals surface area contributed by atoms with Gasteiger partial charge in [0, 0.05) is 25.2 Å². The summed E-state index contributed by atoms with van der Waals surface area (Å²) in [7, 11) is 0. The summed E-state index contributed by atoms with van der Waals surface area (Å²) in [5, 5.41) is 14.6. The molecule has 0 amide bonds. The highest BCUT2D eigenvalue weighted by molar-refractivity contribution is 14.1. The molecule has 1 atom stereocenters. The molecule has 3 aliphatic heterocycles. The molecule has 4 aromatic rings. The maximum atomic E-state index is 12.3. The van der Waals surface area contributed by atoms with Crippen molar-refractivity contribution in [3.63, 3.8) is 0 Å². The minimum Gasteiger partial charge on any atom is -0.451 e. The third kappa shape index (κ3) is 3.11. The van der Waals surface area contributed by atoms with Crippen molar-refractivity contribution >= 4 is 79.6 Å². The van der Waals surface area contributed by atoms with Gasteiger partial charge in [0.05, 0.1) is 26.0 Å². The van der Waals surface area contributed by atoms with Gasteiger partial charge in [-0.15, -0.1) is 0 Å². The molecule has 3 aliphatic rings. The van der Waals surface area contributed by atoms with Crippen molar-refractivity contribution in [2.45, 2.75) is 26.7 Å². The topological polar surface area (TPSA) is 116 Å². The van der Waals surface area contributed by atoms with Crippen LogP contribution in [-0.4, -0.2) is 27.6 Å². The standard InChI is InChI=1S/C24H17Cl2IN6O4/c1-3-32-10-6-12-9(5-8(10)29-23(32)34)28-19-14(25)22-20(15(26)21(19)36-12)30-18-13(37-22)7-11-17(16(18)27)31-24(35)33(11)4-2/h5-7,24,31,35H,3-4H2,1-2H3,(H,29,34). The van der Waals surface area contributed by atoms with E-state index in [0.717, 1.165) is 14.9 Å². The van der Waals surface area contributed by atoms with Crippen LogP contribution in [0, 0.1) is 3.57 Å². The van der Waals surface area contributed by atoms with Crippen LogP contribution in [0.5, 0.6) is 23.0 Å². The number of H-pyrrole nitrogens is 1. The number of aliphatic hydroxyl groups is 1. The molecular weight excluding hydrogens is 634 g/mol. The average Bonchev–Trinajstić information content (AvgIpc) is 3.38. The van der Waals surface area contributed by atoms with Crippen LogP contribution < -0.4 is 36.1 Å². The summed E-state index contributed by atoms with van der Waals surface area (Å²) in [5.41, 5.74) is 3.77. The predicted molar refractivity (Wildman–Crippen MR) is 148 cm³/mol. The van der Waals surface area contributed by atoms with Crippen molar-refractivity contribution in [3.8, 4) is 23.0 Å². The Balaban J connectivity index is 1.44. The zero-order chi connectivity index (χ0) is 25.7.